The van der Waals surface area contributed by atoms with Gasteiger partial charge in [0.15, 0.2) is 5.96 Å². The minimum absolute atomic E-state index is 0.0316. The Hall–Kier alpha value is -2.34. The molecule has 0 amide bonds. The molecule has 0 saturated heterocycles. The van der Waals surface area contributed by atoms with E-state index in [1.165, 1.54) is 22.4 Å². The van der Waals surface area contributed by atoms with Gasteiger partial charge in [0.25, 0.3) is 0 Å². The van der Waals surface area contributed by atoms with Crippen LogP contribution in [0.3, 0.4) is 0 Å². The molecule has 29 heavy (non-hydrogen) atoms. The first kappa shape index (κ1) is 21.4. The summed E-state index contributed by atoms with van der Waals surface area (Å²) in [6, 6.07) is 8.81. The van der Waals surface area contributed by atoms with E-state index in [2.05, 4.69) is 79.5 Å². The summed E-state index contributed by atoms with van der Waals surface area (Å²) in [5, 5.41) is 11.5. The quantitative estimate of drug-likeness (QED) is 0.582. The van der Waals surface area contributed by atoms with Crippen LogP contribution < -0.4 is 10.6 Å². The van der Waals surface area contributed by atoms with Crippen LogP contribution >= 0.6 is 0 Å². The van der Waals surface area contributed by atoms with Gasteiger partial charge in [0.05, 0.1) is 12.2 Å². The van der Waals surface area contributed by atoms with Gasteiger partial charge < -0.3 is 10.6 Å². The standard InChI is InChI=1S/C23H36N6/c1-7-24-22(25-14-21-17(2)27-28(6)18(21)3)26-16-23(4,5)29-13-12-19-10-8-9-11-20(19)15-29/h8-11H,7,12-16H2,1-6H3,(H2,24,25,26). The first-order valence-corrected chi connectivity index (χ1v) is 10.6. The van der Waals surface area contributed by atoms with Gasteiger partial charge in [-0.2, -0.15) is 5.10 Å². The fraction of sp³-hybridized carbons (Fsp3) is 0.565. The van der Waals surface area contributed by atoms with E-state index in [0.717, 1.165) is 44.3 Å². The normalized spacial score (nSPS) is 15.3. The van der Waals surface area contributed by atoms with Gasteiger partial charge in [-0.15, -0.1) is 0 Å². The smallest absolute Gasteiger partial charge is 0.191 e. The number of rotatable bonds is 6. The highest BCUT2D eigenvalue weighted by Crippen LogP contribution is 2.25. The van der Waals surface area contributed by atoms with E-state index in [0.29, 0.717) is 6.54 Å². The lowest BCUT2D eigenvalue weighted by molar-refractivity contribution is 0.107. The number of nitrogens with one attached hydrogen (secondary N) is 2. The van der Waals surface area contributed by atoms with Crippen LogP contribution in [0, 0.1) is 13.8 Å². The number of aliphatic imine (C=N–C) groups is 1. The van der Waals surface area contributed by atoms with E-state index in [4.69, 9.17) is 4.99 Å². The highest BCUT2D eigenvalue weighted by molar-refractivity contribution is 5.79. The summed E-state index contributed by atoms with van der Waals surface area (Å²) in [4.78, 5) is 7.40. The highest BCUT2D eigenvalue weighted by atomic mass is 15.3. The predicted molar refractivity (Wildman–Crippen MR) is 120 cm³/mol. The van der Waals surface area contributed by atoms with Crippen LogP contribution in [-0.2, 0) is 26.6 Å². The van der Waals surface area contributed by atoms with Crippen LogP contribution in [0.2, 0.25) is 0 Å². The number of hydrogen-bond donors (Lipinski definition) is 2. The zero-order valence-corrected chi connectivity index (χ0v) is 18.8. The van der Waals surface area contributed by atoms with Crippen molar-refractivity contribution >= 4 is 5.96 Å². The van der Waals surface area contributed by atoms with Gasteiger partial charge in [0.1, 0.15) is 0 Å². The number of fused-ring (bicyclic) bond motifs is 1. The lowest BCUT2D eigenvalue weighted by Gasteiger charge is -2.42. The van der Waals surface area contributed by atoms with Crippen LogP contribution in [0.15, 0.2) is 29.3 Å². The molecule has 158 valence electrons. The number of benzene rings is 1. The Morgan fingerprint density at radius 3 is 2.55 bits per heavy atom. The third kappa shape index (κ3) is 4.99. The van der Waals surface area contributed by atoms with Crippen molar-refractivity contribution in [1.29, 1.82) is 0 Å². The summed E-state index contributed by atoms with van der Waals surface area (Å²) in [6.45, 7) is 15.3. The number of guanidine groups is 1. The van der Waals surface area contributed by atoms with Gasteiger partial charge in [0, 0.05) is 50.0 Å². The molecular formula is C23H36N6. The monoisotopic (exact) mass is 396 g/mol. The molecule has 6 nitrogen and oxygen atoms in total. The van der Waals surface area contributed by atoms with Gasteiger partial charge in [-0.1, -0.05) is 24.3 Å². The maximum Gasteiger partial charge on any atom is 0.191 e. The zero-order valence-electron chi connectivity index (χ0n) is 18.8. The lowest BCUT2D eigenvalue weighted by atomic mass is 9.94. The first-order chi connectivity index (χ1) is 13.8. The molecule has 0 aliphatic carbocycles. The number of nitrogens with zero attached hydrogens (tertiary/aromatic N) is 4. The fourth-order valence-electron chi connectivity index (χ4n) is 3.97. The van der Waals surface area contributed by atoms with Crippen molar-refractivity contribution in [1.82, 2.24) is 25.3 Å². The molecule has 0 saturated carbocycles. The molecule has 2 heterocycles. The van der Waals surface area contributed by atoms with E-state index in [1.54, 1.807) is 0 Å². The summed E-state index contributed by atoms with van der Waals surface area (Å²) in [7, 11) is 1.98. The summed E-state index contributed by atoms with van der Waals surface area (Å²) >= 11 is 0. The van der Waals surface area contributed by atoms with Crippen molar-refractivity contribution in [2.75, 3.05) is 19.6 Å². The molecule has 0 fully saturated rings. The van der Waals surface area contributed by atoms with Crippen molar-refractivity contribution in [2.24, 2.45) is 12.0 Å². The van der Waals surface area contributed by atoms with E-state index >= 15 is 0 Å². The third-order valence-corrected chi connectivity index (χ3v) is 6.07. The second kappa shape index (κ2) is 8.99. The molecule has 1 aromatic carbocycles. The Bertz CT molecular complexity index is 864. The van der Waals surface area contributed by atoms with E-state index < -0.39 is 0 Å². The average Bonchev–Trinajstić information content (AvgIpc) is 2.95. The Balaban J connectivity index is 1.64. The minimum Gasteiger partial charge on any atom is -0.357 e. The summed E-state index contributed by atoms with van der Waals surface area (Å²) < 4.78 is 1.93. The molecular weight excluding hydrogens is 360 g/mol. The van der Waals surface area contributed by atoms with Crippen LogP contribution in [0.25, 0.3) is 0 Å². The molecule has 0 atom stereocenters. The van der Waals surface area contributed by atoms with E-state index in [9.17, 15) is 0 Å². The molecule has 0 radical (unpaired) electrons. The Kier molecular flexibility index (Phi) is 6.63. The summed E-state index contributed by atoms with van der Waals surface area (Å²) in [5.74, 6) is 0.862. The van der Waals surface area contributed by atoms with Gasteiger partial charge in [-0.05, 0) is 52.2 Å². The highest BCUT2D eigenvalue weighted by Gasteiger charge is 2.29. The SMILES string of the molecule is CCNC(=NCc1c(C)nn(C)c1C)NCC(C)(C)N1CCc2ccccc2C1. The number of aryl methyl sites for hydroxylation is 2. The summed E-state index contributed by atoms with van der Waals surface area (Å²) in [5.41, 5.74) is 6.41. The van der Waals surface area contributed by atoms with Gasteiger partial charge in [-0.25, -0.2) is 4.99 Å². The van der Waals surface area contributed by atoms with Gasteiger partial charge >= 0.3 is 0 Å². The van der Waals surface area contributed by atoms with Crippen molar-refractivity contribution in [2.45, 2.75) is 59.7 Å². The van der Waals surface area contributed by atoms with Crippen molar-refractivity contribution in [3.05, 3.63) is 52.3 Å². The second-order valence-electron chi connectivity index (χ2n) is 8.57. The van der Waals surface area contributed by atoms with Crippen LogP contribution in [0.4, 0.5) is 0 Å². The Morgan fingerprint density at radius 1 is 1.17 bits per heavy atom. The average molecular weight is 397 g/mol. The van der Waals surface area contributed by atoms with E-state index in [-0.39, 0.29) is 5.54 Å². The Labute approximate surface area is 175 Å². The molecule has 6 heteroatoms. The Morgan fingerprint density at radius 2 is 1.90 bits per heavy atom. The van der Waals surface area contributed by atoms with Crippen molar-refractivity contribution < 1.29 is 0 Å². The predicted octanol–water partition coefficient (Wildman–Crippen LogP) is 2.93. The molecule has 2 aromatic rings. The molecule has 1 aromatic heterocycles. The van der Waals surface area contributed by atoms with Gasteiger partial charge in [0.2, 0.25) is 0 Å². The van der Waals surface area contributed by atoms with Crippen LogP contribution in [-0.4, -0.2) is 45.8 Å². The molecule has 2 N–H and O–H groups in total. The molecule has 3 rings (SSSR count). The maximum absolute atomic E-state index is 4.83. The van der Waals surface area contributed by atoms with Crippen molar-refractivity contribution in [3.8, 4) is 0 Å². The minimum atomic E-state index is 0.0316. The molecule has 0 bridgehead atoms. The molecule has 1 aliphatic heterocycles. The molecule has 1 aliphatic rings. The number of aromatic nitrogens is 2. The zero-order chi connectivity index (χ0) is 21.0. The topological polar surface area (TPSA) is 57.5 Å². The lowest BCUT2D eigenvalue weighted by Crippen LogP contribution is -2.54. The third-order valence-electron chi connectivity index (χ3n) is 6.07. The van der Waals surface area contributed by atoms with Crippen molar-refractivity contribution in [3.63, 3.8) is 0 Å². The first-order valence-electron chi connectivity index (χ1n) is 10.6. The fourth-order valence-corrected chi connectivity index (χ4v) is 3.97. The van der Waals surface area contributed by atoms with Gasteiger partial charge in [-0.3, -0.25) is 9.58 Å². The second-order valence-corrected chi connectivity index (χ2v) is 8.57. The number of hydrogen-bond acceptors (Lipinski definition) is 3. The van der Waals surface area contributed by atoms with E-state index in [1.807, 2.05) is 11.7 Å². The largest absolute Gasteiger partial charge is 0.357 e. The molecule has 0 unspecified atom stereocenters. The van der Waals surface area contributed by atoms with Crippen LogP contribution in [0.5, 0.6) is 0 Å². The maximum atomic E-state index is 4.83. The summed E-state index contributed by atoms with van der Waals surface area (Å²) in [6.07, 6.45) is 1.12. The van der Waals surface area contributed by atoms with Crippen LogP contribution in [0.1, 0.15) is 48.8 Å². The molecule has 0 spiro atoms.